The van der Waals surface area contributed by atoms with Crippen LogP contribution in [0.2, 0.25) is 0 Å². The van der Waals surface area contributed by atoms with Gasteiger partial charge in [0.1, 0.15) is 0 Å². The summed E-state index contributed by atoms with van der Waals surface area (Å²) in [5.41, 5.74) is 0. The van der Waals surface area contributed by atoms with Gasteiger partial charge in [0.15, 0.2) is 0 Å². The van der Waals surface area contributed by atoms with Crippen LogP contribution in [-0.2, 0) is 10.2 Å². The molecule has 0 saturated heterocycles. The van der Waals surface area contributed by atoms with E-state index in [-0.39, 0.29) is 17.5 Å². The fraction of sp³-hybridized carbons (Fsp3) is 1.00. The molecule has 6 heteroatoms. The first-order valence-corrected chi connectivity index (χ1v) is 8.11. The van der Waals surface area contributed by atoms with E-state index in [9.17, 15) is 8.42 Å². The molecular weight excluding hydrogens is 260 g/mol. The lowest BCUT2D eigenvalue weighted by atomic mass is 10.1. The van der Waals surface area contributed by atoms with E-state index in [1.54, 1.807) is 7.05 Å². The van der Waals surface area contributed by atoms with E-state index >= 15 is 0 Å². The van der Waals surface area contributed by atoms with Gasteiger partial charge in [0.25, 0.3) is 10.2 Å². The molecule has 1 aliphatic carbocycles. The molecule has 4 nitrogen and oxygen atoms in total. The maximum absolute atomic E-state index is 12.1. The molecule has 1 rings (SSSR count). The van der Waals surface area contributed by atoms with Crippen molar-refractivity contribution in [2.24, 2.45) is 0 Å². The normalized spacial score (nSPS) is 27.4. The van der Waals surface area contributed by atoms with Gasteiger partial charge in [-0.15, -0.1) is 11.6 Å². The molecule has 0 spiro atoms. The van der Waals surface area contributed by atoms with E-state index in [1.165, 1.54) is 4.31 Å². The summed E-state index contributed by atoms with van der Waals surface area (Å²) in [5.74, 6) is 0. The highest BCUT2D eigenvalue weighted by molar-refractivity contribution is 7.87. The lowest BCUT2D eigenvalue weighted by molar-refractivity contribution is 0.391. The smallest absolute Gasteiger partial charge is 0.198 e. The topological polar surface area (TPSA) is 49.4 Å². The second kappa shape index (κ2) is 6.36. The standard InChI is InChI=1S/C11H23ClN2O2S/c1-9(2)14(3)17(15,16)13-11-8-6-4-5-7-10(11)12/h9-11,13H,4-8H2,1-3H3. The average Bonchev–Trinajstić information content (AvgIpc) is 2.43. The van der Waals surface area contributed by atoms with Crippen molar-refractivity contribution in [2.45, 2.75) is 63.4 Å². The molecule has 2 atom stereocenters. The molecular formula is C11H23ClN2O2S. The highest BCUT2D eigenvalue weighted by atomic mass is 35.5. The van der Waals surface area contributed by atoms with E-state index in [0.717, 1.165) is 32.1 Å². The summed E-state index contributed by atoms with van der Waals surface area (Å²) in [7, 11) is -1.82. The summed E-state index contributed by atoms with van der Waals surface area (Å²) in [4.78, 5) is 0. The van der Waals surface area contributed by atoms with Gasteiger partial charge in [-0.2, -0.15) is 17.4 Å². The Morgan fingerprint density at radius 3 is 2.41 bits per heavy atom. The molecule has 0 aliphatic heterocycles. The van der Waals surface area contributed by atoms with Gasteiger partial charge in [-0.05, 0) is 26.7 Å². The lowest BCUT2D eigenvalue weighted by Gasteiger charge is -2.27. The zero-order valence-electron chi connectivity index (χ0n) is 10.8. The van der Waals surface area contributed by atoms with Crippen molar-refractivity contribution in [3.63, 3.8) is 0 Å². The number of halogens is 1. The van der Waals surface area contributed by atoms with Crippen molar-refractivity contribution in [1.29, 1.82) is 0 Å². The second-order valence-corrected chi connectivity index (χ2v) is 7.32. The van der Waals surface area contributed by atoms with Crippen molar-refractivity contribution in [2.75, 3.05) is 7.05 Å². The summed E-state index contributed by atoms with van der Waals surface area (Å²) in [6, 6.07) is -0.183. The summed E-state index contributed by atoms with van der Waals surface area (Å²) in [6.07, 6.45) is 5.00. The quantitative estimate of drug-likeness (QED) is 0.634. The van der Waals surface area contributed by atoms with Gasteiger partial charge in [0, 0.05) is 24.5 Å². The van der Waals surface area contributed by atoms with Crippen LogP contribution in [0.1, 0.15) is 46.0 Å². The van der Waals surface area contributed by atoms with Crippen molar-refractivity contribution in [3.05, 3.63) is 0 Å². The molecule has 0 aromatic carbocycles. The van der Waals surface area contributed by atoms with Crippen LogP contribution in [0.25, 0.3) is 0 Å². The monoisotopic (exact) mass is 282 g/mol. The number of hydrogen-bond donors (Lipinski definition) is 1. The molecule has 1 N–H and O–H groups in total. The van der Waals surface area contributed by atoms with Crippen molar-refractivity contribution >= 4 is 21.8 Å². The zero-order valence-corrected chi connectivity index (χ0v) is 12.4. The average molecular weight is 283 g/mol. The van der Waals surface area contributed by atoms with Crippen LogP contribution in [0.4, 0.5) is 0 Å². The van der Waals surface area contributed by atoms with Gasteiger partial charge >= 0.3 is 0 Å². The fourth-order valence-corrected chi connectivity index (χ4v) is 3.75. The molecule has 102 valence electrons. The Morgan fingerprint density at radius 2 is 1.82 bits per heavy atom. The molecule has 2 unspecified atom stereocenters. The van der Waals surface area contributed by atoms with Crippen LogP contribution in [0.5, 0.6) is 0 Å². The van der Waals surface area contributed by atoms with Crippen molar-refractivity contribution in [1.82, 2.24) is 9.03 Å². The molecule has 17 heavy (non-hydrogen) atoms. The Morgan fingerprint density at radius 1 is 1.24 bits per heavy atom. The minimum absolute atomic E-state index is 0.0490. The Labute approximate surface area is 110 Å². The molecule has 0 heterocycles. The van der Waals surface area contributed by atoms with Gasteiger partial charge in [-0.1, -0.05) is 19.3 Å². The maximum Gasteiger partial charge on any atom is 0.279 e. The first-order valence-electron chi connectivity index (χ1n) is 6.24. The van der Waals surface area contributed by atoms with Gasteiger partial charge < -0.3 is 0 Å². The highest BCUT2D eigenvalue weighted by Gasteiger charge is 2.29. The summed E-state index contributed by atoms with van der Waals surface area (Å²) in [6.45, 7) is 3.70. The van der Waals surface area contributed by atoms with Crippen LogP contribution in [0.3, 0.4) is 0 Å². The highest BCUT2D eigenvalue weighted by Crippen LogP contribution is 2.23. The molecule has 0 radical (unpaired) electrons. The fourth-order valence-electron chi connectivity index (χ4n) is 1.95. The van der Waals surface area contributed by atoms with Crippen LogP contribution in [0, 0.1) is 0 Å². The SMILES string of the molecule is CC(C)N(C)S(=O)(=O)NC1CCCCCC1Cl. The lowest BCUT2D eigenvalue weighted by Crippen LogP contribution is -2.48. The predicted molar refractivity (Wildman–Crippen MR) is 71.5 cm³/mol. The largest absolute Gasteiger partial charge is 0.279 e. The van der Waals surface area contributed by atoms with Crippen LogP contribution < -0.4 is 4.72 Å². The van der Waals surface area contributed by atoms with E-state index in [2.05, 4.69) is 4.72 Å². The van der Waals surface area contributed by atoms with Gasteiger partial charge in [-0.25, -0.2) is 0 Å². The molecule has 1 aliphatic rings. The van der Waals surface area contributed by atoms with Crippen molar-refractivity contribution in [3.8, 4) is 0 Å². The van der Waals surface area contributed by atoms with Gasteiger partial charge in [0.05, 0.1) is 0 Å². The minimum atomic E-state index is -3.41. The number of rotatable bonds is 4. The summed E-state index contributed by atoms with van der Waals surface area (Å²) in [5, 5.41) is -0.0900. The number of nitrogens with zero attached hydrogens (tertiary/aromatic N) is 1. The number of hydrogen-bond acceptors (Lipinski definition) is 2. The van der Waals surface area contributed by atoms with E-state index in [4.69, 9.17) is 11.6 Å². The molecule has 1 fully saturated rings. The van der Waals surface area contributed by atoms with E-state index in [0.29, 0.717) is 0 Å². The van der Waals surface area contributed by atoms with Crippen molar-refractivity contribution < 1.29 is 8.42 Å². The predicted octanol–water partition coefficient (Wildman–Crippen LogP) is 2.10. The van der Waals surface area contributed by atoms with Crippen LogP contribution in [0.15, 0.2) is 0 Å². The maximum atomic E-state index is 12.1. The van der Waals surface area contributed by atoms with Crippen LogP contribution in [-0.4, -0.2) is 37.2 Å². The van der Waals surface area contributed by atoms with Crippen LogP contribution >= 0.6 is 11.6 Å². The van der Waals surface area contributed by atoms with E-state index < -0.39 is 10.2 Å². The Kier molecular flexibility index (Phi) is 5.70. The van der Waals surface area contributed by atoms with Gasteiger partial charge in [-0.3, -0.25) is 0 Å². The number of nitrogens with one attached hydrogen (secondary N) is 1. The Hall–Kier alpha value is 0.160. The summed E-state index contributed by atoms with van der Waals surface area (Å²) < 4.78 is 28.2. The first kappa shape index (κ1) is 15.2. The zero-order chi connectivity index (χ0) is 13.1. The first-order chi connectivity index (χ1) is 7.84. The summed E-state index contributed by atoms with van der Waals surface area (Å²) >= 11 is 6.23. The minimum Gasteiger partial charge on any atom is -0.198 e. The third-order valence-electron chi connectivity index (χ3n) is 3.34. The number of alkyl halides is 1. The molecule has 0 amide bonds. The molecule has 0 bridgehead atoms. The molecule has 0 aromatic heterocycles. The second-order valence-electron chi connectivity index (χ2n) is 4.99. The Bertz CT molecular complexity index is 332. The van der Waals surface area contributed by atoms with Gasteiger partial charge in [0.2, 0.25) is 0 Å². The Balaban J connectivity index is 2.68. The third kappa shape index (κ3) is 4.39. The molecule has 0 aromatic rings. The molecule has 1 saturated carbocycles. The van der Waals surface area contributed by atoms with E-state index in [1.807, 2.05) is 13.8 Å². The third-order valence-corrected chi connectivity index (χ3v) is 5.64.